The van der Waals surface area contributed by atoms with E-state index in [-0.39, 0.29) is 0 Å². The van der Waals surface area contributed by atoms with Crippen LogP contribution in [-0.4, -0.2) is 6.21 Å². The fraction of sp³-hybridized carbons (Fsp3) is 0.200. The van der Waals surface area contributed by atoms with E-state index in [0.29, 0.717) is 0 Å². The Morgan fingerprint density at radius 1 is 1.71 bits per heavy atom. The van der Waals surface area contributed by atoms with Crippen LogP contribution in [0.15, 0.2) is 17.4 Å². The molecule has 0 aromatic rings. The van der Waals surface area contributed by atoms with Gasteiger partial charge in [-0.1, -0.05) is 0 Å². The molecule has 2 nitrogen and oxygen atoms in total. The van der Waals surface area contributed by atoms with Gasteiger partial charge in [-0.2, -0.15) is 0 Å². The number of rotatable bonds is 1. The highest BCUT2D eigenvalue weighted by Gasteiger charge is 1.64. The van der Waals surface area contributed by atoms with Crippen LogP contribution in [-0.2, 0) is 0 Å². The third kappa shape index (κ3) is 4.90. The van der Waals surface area contributed by atoms with Gasteiger partial charge in [0.1, 0.15) is 6.20 Å². The van der Waals surface area contributed by atoms with E-state index in [9.17, 15) is 0 Å². The molecule has 2 heteroatoms. The molecule has 0 aliphatic heterocycles. The average molecular weight is 95.1 g/mol. The largest absolute Gasteiger partial charge is 0.323 e. The first-order valence-corrected chi connectivity index (χ1v) is 1.94. The summed E-state index contributed by atoms with van der Waals surface area (Å²) < 4.78 is 0. The van der Waals surface area contributed by atoms with Gasteiger partial charge in [0.25, 0.3) is 6.57 Å². The van der Waals surface area contributed by atoms with E-state index >= 15 is 0 Å². The van der Waals surface area contributed by atoms with E-state index in [0.717, 1.165) is 0 Å². The zero-order valence-corrected chi connectivity index (χ0v) is 4.20. The standard InChI is InChI=1S/C5H7N2/c1-3-7-5-4-6-2/h2-5H,1H3/q+1. The van der Waals surface area contributed by atoms with Gasteiger partial charge in [0.05, 0.1) is 0 Å². The van der Waals surface area contributed by atoms with Gasteiger partial charge in [0, 0.05) is 6.21 Å². The molecule has 0 atom stereocenters. The van der Waals surface area contributed by atoms with Crippen LogP contribution in [0.4, 0.5) is 0 Å². The van der Waals surface area contributed by atoms with Crippen LogP contribution in [0.2, 0.25) is 0 Å². The summed E-state index contributed by atoms with van der Waals surface area (Å²) in [5.41, 5.74) is 0. The van der Waals surface area contributed by atoms with Crippen LogP contribution in [0.25, 0.3) is 4.85 Å². The van der Waals surface area contributed by atoms with Crippen molar-refractivity contribution < 1.29 is 0 Å². The lowest BCUT2D eigenvalue weighted by Crippen LogP contribution is -1.50. The average Bonchev–Trinajstić information content (AvgIpc) is 1.69. The quantitative estimate of drug-likeness (QED) is 0.439. The van der Waals surface area contributed by atoms with Crippen LogP contribution in [0, 0.1) is 6.57 Å². The fourth-order valence-electron chi connectivity index (χ4n) is 0.163. The Morgan fingerprint density at radius 3 is 2.86 bits per heavy atom. The molecular formula is C5H7N2+. The molecule has 0 N–H and O–H groups in total. The highest BCUT2D eigenvalue weighted by molar-refractivity contribution is 5.54. The van der Waals surface area contributed by atoms with E-state index in [4.69, 9.17) is 6.57 Å². The molecule has 0 saturated carbocycles. The molecule has 0 radical (unpaired) electrons. The zero-order chi connectivity index (χ0) is 5.54. The van der Waals surface area contributed by atoms with Gasteiger partial charge in [-0.25, -0.2) is 0 Å². The summed E-state index contributed by atoms with van der Waals surface area (Å²) in [4.78, 5) is 6.86. The summed E-state index contributed by atoms with van der Waals surface area (Å²) in [6.45, 7) is 6.55. The Morgan fingerprint density at radius 2 is 2.43 bits per heavy atom. The minimum Gasteiger partial charge on any atom is -0.262 e. The van der Waals surface area contributed by atoms with Crippen LogP contribution < -0.4 is 0 Å². The summed E-state index contributed by atoms with van der Waals surface area (Å²) in [6.07, 6.45) is 4.58. The maximum absolute atomic E-state index is 4.73. The summed E-state index contributed by atoms with van der Waals surface area (Å²) in [7, 11) is 0. The summed E-state index contributed by atoms with van der Waals surface area (Å²) in [5.74, 6) is 0. The third-order valence-corrected chi connectivity index (χ3v) is 0.388. The molecule has 36 valence electrons. The van der Waals surface area contributed by atoms with Gasteiger partial charge in [-0.05, 0) is 11.8 Å². The second-order valence-electron chi connectivity index (χ2n) is 0.854. The van der Waals surface area contributed by atoms with Gasteiger partial charge >= 0.3 is 6.20 Å². The van der Waals surface area contributed by atoms with Crippen molar-refractivity contribution in [3.8, 4) is 6.57 Å². The van der Waals surface area contributed by atoms with Crippen LogP contribution in [0.1, 0.15) is 6.92 Å². The number of nitrogens with zero attached hydrogens (tertiary/aromatic N) is 2. The van der Waals surface area contributed by atoms with Crippen molar-refractivity contribution in [1.82, 2.24) is 0 Å². The van der Waals surface area contributed by atoms with E-state index in [1.165, 1.54) is 12.4 Å². The molecule has 0 saturated heterocycles. The summed E-state index contributed by atoms with van der Waals surface area (Å²) >= 11 is 0. The molecule has 0 unspecified atom stereocenters. The number of hydrogen-bond donors (Lipinski definition) is 0. The van der Waals surface area contributed by atoms with Crippen molar-refractivity contribution in [2.45, 2.75) is 6.92 Å². The third-order valence-electron chi connectivity index (χ3n) is 0.388. The highest BCUT2D eigenvalue weighted by Crippen LogP contribution is 1.71. The van der Waals surface area contributed by atoms with Gasteiger partial charge in [-0.15, -0.1) is 0 Å². The number of hydrogen-bond acceptors (Lipinski definition) is 1. The topological polar surface area (TPSA) is 16.7 Å². The zero-order valence-electron chi connectivity index (χ0n) is 4.20. The molecular weight excluding hydrogens is 88.1 g/mol. The molecule has 7 heavy (non-hydrogen) atoms. The maximum Gasteiger partial charge on any atom is 0.323 e. The smallest absolute Gasteiger partial charge is 0.262 e. The van der Waals surface area contributed by atoms with Gasteiger partial charge in [-0.3, -0.25) is 4.99 Å². The molecule has 0 aromatic heterocycles. The lowest BCUT2D eigenvalue weighted by atomic mass is 10.8. The molecule has 0 aliphatic rings. The molecule has 0 heterocycles. The van der Waals surface area contributed by atoms with E-state index in [1.807, 2.05) is 6.92 Å². The Hall–Kier alpha value is -1.10. The number of aliphatic imine (C=N–C) groups is 1. The Balaban J connectivity index is 3.33. The normalized spacial score (nSPS) is 10.3. The van der Waals surface area contributed by atoms with E-state index in [1.54, 1.807) is 6.21 Å². The minimum atomic E-state index is 1.42. The van der Waals surface area contributed by atoms with Crippen LogP contribution in [0.5, 0.6) is 0 Å². The summed E-state index contributed by atoms with van der Waals surface area (Å²) in [5, 5.41) is 0. The van der Waals surface area contributed by atoms with Crippen molar-refractivity contribution in [2.24, 2.45) is 4.99 Å². The molecule has 0 spiro atoms. The second-order valence-corrected chi connectivity index (χ2v) is 0.854. The van der Waals surface area contributed by atoms with E-state index < -0.39 is 0 Å². The molecule has 0 amide bonds. The first kappa shape index (κ1) is 5.90. The second kappa shape index (κ2) is 4.90. The Labute approximate surface area is 43.0 Å². The predicted molar refractivity (Wildman–Crippen MR) is 31.6 cm³/mol. The van der Waals surface area contributed by atoms with Gasteiger partial charge in [0.15, 0.2) is 0 Å². The Kier molecular flexibility index (Phi) is 4.13. The SMILES string of the molecule is C#[N+]C=CN=CC. The Bertz CT molecular complexity index is 117. The lowest BCUT2D eigenvalue weighted by Gasteiger charge is -1.58. The molecule has 0 fully saturated rings. The van der Waals surface area contributed by atoms with Crippen molar-refractivity contribution in [2.75, 3.05) is 0 Å². The van der Waals surface area contributed by atoms with E-state index in [2.05, 4.69) is 9.84 Å². The molecule has 0 aromatic carbocycles. The molecule has 0 aliphatic carbocycles. The van der Waals surface area contributed by atoms with Gasteiger partial charge in [0.2, 0.25) is 0 Å². The monoisotopic (exact) mass is 95.1 g/mol. The lowest BCUT2D eigenvalue weighted by molar-refractivity contribution is 1.58. The maximum atomic E-state index is 4.73. The fourth-order valence-corrected chi connectivity index (χ4v) is 0.163. The highest BCUT2D eigenvalue weighted by atomic mass is 14.7. The minimum absolute atomic E-state index is 1.42. The molecule has 0 rings (SSSR count). The van der Waals surface area contributed by atoms with Crippen molar-refractivity contribution in [1.29, 1.82) is 0 Å². The summed E-state index contributed by atoms with van der Waals surface area (Å²) in [6, 6.07) is 0. The molecule has 0 bridgehead atoms. The predicted octanol–water partition coefficient (Wildman–Crippen LogP) is 1.51. The van der Waals surface area contributed by atoms with Crippen molar-refractivity contribution in [3.05, 3.63) is 17.2 Å². The van der Waals surface area contributed by atoms with Crippen LogP contribution >= 0.6 is 0 Å². The first-order valence-electron chi connectivity index (χ1n) is 1.94. The van der Waals surface area contributed by atoms with Crippen molar-refractivity contribution in [3.63, 3.8) is 0 Å². The van der Waals surface area contributed by atoms with Crippen LogP contribution in [0.3, 0.4) is 0 Å². The van der Waals surface area contributed by atoms with Gasteiger partial charge < -0.3 is 0 Å². The first-order chi connectivity index (χ1) is 3.41. The van der Waals surface area contributed by atoms with Crippen molar-refractivity contribution >= 4 is 6.21 Å².